The molecule has 98 valence electrons. The number of anilines is 2. The summed E-state index contributed by atoms with van der Waals surface area (Å²) in [4.78, 5) is 14.5. The van der Waals surface area contributed by atoms with E-state index in [0.717, 1.165) is 5.56 Å². The van der Waals surface area contributed by atoms with Gasteiger partial charge in [-0.05, 0) is 40.5 Å². The van der Waals surface area contributed by atoms with Crippen LogP contribution in [-0.2, 0) is 0 Å². The van der Waals surface area contributed by atoms with E-state index in [1.807, 2.05) is 13.0 Å². The summed E-state index contributed by atoms with van der Waals surface area (Å²) in [6, 6.07) is 6.77. The third-order valence-electron chi connectivity index (χ3n) is 2.41. The zero-order valence-electron chi connectivity index (χ0n) is 9.85. The van der Waals surface area contributed by atoms with Crippen molar-refractivity contribution in [2.45, 2.75) is 6.92 Å². The monoisotopic (exact) mass is 341 g/mol. The number of rotatable bonds is 3. The molecule has 0 aliphatic rings. The Morgan fingerprint density at radius 2 is 2.16 bits per heavy atom. The number of nitro groups is 1. The lowest BCUT2D eigenvalue weighted by Gasteiger charge is -2.08. The average Bonchev–Trinajstić information content (AvgIpc) is 2.34. The molecule has 1 heterocycles. The molecule has 0 radical (unpaired) electrons. The first kappa shape index (κ1) is 13.8. The molecule has 0 spiro atoms. The molecule has 1 N–H and O–H groups in total. The van der Waals surface area contributed by atoms with Gasteiger partial charge < -0.3 is 5.32 Å². The Morgan fingerprint density at radius 1 is 1.42 bits per heavy atom. The molecule has 0 atom stereocenters. The van der Waals surface area contributed by atoms with Crippen LogP contribution in [0.1, 0.15) is 5.56 Å². The molecule has 0 saturated heterocycles. The second kappa shape index (κ2) is 5.54. The van der Waals surface area contributed by atoms with Crippen molar-refractivity contribution in [1.29, 1.82) is 0 Å². The van der Waals surface area contributed by atoms with Crippen molar-refractivity contribution in [1.82, 2.24) is 4.98 Å². The van der Waals surface area contributed by atoms with Gasteiger partial charge >= 0.3 is 5.69 Å². The first-order valence-corrected chi connectivity index (χ1v) is 6.47. The van der Waals surface area contributed by atoms with Crippen LogP contribution in [0.2, 0.25) is 5.02 Å². The van der Waals surface area contributed by atoms with Gasteiger partial charge in [-0.2, -0.15) is 0 Å². The quantitative estimate of drug-likeness (QED) is 0.660. The second-order valence-corrected chi connectivity index (χ2v) is 5.21. The van der Waals surface area contributed by atoms with Crippen LogP contribution < -0.4 is 5.32 Å². The minimum Gasteiger partial charge on any atom is -0.333 e. The van der Waals surface area contributed by atoms with Crippen LogP contribution in [-0.4, -0.2) is 9.91 Å². The molecule has 19 heavy (non-hydrogen) atoms. The van der Waals surface area contributed by atoms with E-state index in [0.29, 0.717) is 15.2 Å². The fourth-order valence-electron chi connectivity index (χ4n) is 1.51. The molecular weight excluding hydrogens is 334 g/mol. The van der Waals surface area contributed by atoms with E-state index in [4.69, 9.17) is 11.6 Å². The Hall–Kier alpha value is -1.66. The molecule has 0 amide bonds. The van der Waals surface area contributed by atoms with Gasteiger partial charge in [-0.15, -0.1) is 0 Å². The zero-order chi connectivity index (χ0) is 14.0. The highest BCUT2D eigenvalue weighted by Crippen LogP contribution is 2.31. The summed E-state index contributed by atoms with van der Waals surface area (Å²) >= 11 is 9.23. The predicted octanol–water partition coefficient (Wildman–Crippen LogP) is 4.46. The van der Waals surface area contributed by atoms with Crippen LogP contribution in [0, 0.1) is 17.0 Å². The van der Waals surface area contributed by atoms with Gasteiger partial charge in [0.2, 0.25) is 5.82 Å². The molecule has 2 aromatic rings. The van der Waals surface area contributed by atoms with E-state index in [9.17, 15) is 10.1 Å². The molecule has 0 unspecified atom stereocenters. The van der Waals surface area contributed by atoms with Gasteiger partial charge in [0.25, 0.3) is 0 Å². The van der Waals surface area contributed by atoms with E-state index in [1.165, 1.54) is 12.3 Å². The predicted molar refractivity (Wildman–Crippen MR) is 78.1 cm³/mol. The summed E-state index contributed by atoms with van der Waals surface area (Å²) in [5, 5.41) is 14.3. The Morgan fingerprint density at radius 3 is 2.79 bits per heavy atom. The second-order valence-electron chi connectivity index (χ2n) is 3.89. The molecule has 0 saturated carbocycles. The van der Waals surface area contributed by atoms with Gasteiger partial charge in [-0.1, -0.05) is 17.7 Å². The van der Waals surface area contributed by atoms with Gasteiger partial charge in [0.1, 0.15) is 0 Å². The number of halogens is 2. The van der Waals surface area contributed by atoms with E-state index in [1.54, 1.807) is 12.1 Å². The normalized spacial score (nSPS) is 10.3. The van der Waals surface area contributed by atoms with Gasteiger partial charge in [-0.3, -0.25) is 10.1 Å². The number of nitrogens with one attached hydrogen (secondary N) is 1. The zero-order valence-corrected chi connectivity index (χ0v) is 12.2. The summed E-state index contributed by atoms with van der Waals surface area (Å²) in [6.45, 7) is 1.91. The number of hydrogen-bond acceptors (Lipinski definition) is 4. The average molecular weight is 343 g/mol. The minimum absolute atomic E-state index is 0.119. The molecular formula is C12H9BrClN3O2. The van der Waals surface area contributed by atoms with E-state index in [2.05, 4.69) is 26.2 Å². The number of aromatic nitrogens is 1. The van der Waals surface area contributed by atoms with Crippen LogP contribution in [0.25, 0.3) is 0 Å². The number of benzene rings is 1. The van der Waals surface area contributed by atoms with Crippen molar-refractivity contribution >= 4 is 44.7 Å². The van der Waals surface area contributed by atoms with Crippen LogP contribution in [0.4, 0.5) is 17.2 Å². The van der Waals surface area contributed by atoms with Crippen molar-refractivity contribution in [2.75, 3.05) is 5.32 Å². The van der Waals surface area contributed by atoms with E-state index >= 15 is 0 Å². The maximum Gasteiger partial charge on any atom is 0.312 e. The van der Waals surface area contributed by atoms with Crippen molar-refractivity contribution in [2.24, 2.45) is 0 Å². The number of hydrogen-bond donors (Lipinski definition) is 1. The van der Waals surface area contributed by atoms with Crippen LogP contribution >= 0.6 is 27.5 Å². The highest BCUT2D eigenvalue weighted by atomic mass is 79.9. The van der Waals surface area contributed by atoms with Gasteiger partial charge in [0, 0.05) is 16.7 Å². The fourth-order valence-corrected chi connectivity index (χ4v) is 2.11. The molecule has 7 heteroatoms. The SMILES string of the molecule is Cc1ccc(Nc2ncc(Br)cc2[N+](=O)[O-])c(Cl)c1. The van der Waals surface area contributed by atoms with Gasteiger partial charge in [-0.25, -0.2) is 4.98 Å². The van der Waals surface area contributed by atoms with Crippen LogP contribution in [0.3, 0.4) is 0 Å². The van der Waals surface area contributed by atoms with E-state index in [-0.39, 0.29) is 11.5 Å². The molecule has 2 rings (SSSR count). The first-order valence-electron chi connectivity index (χ1n) is 5.30. The summed E-state index contributed by atoms with van der Waals surface area (Å²) < 4.78 is 0.541. The van der Waals surface area contributed by atoms with Crippen LogP contribution in [0.5, 0.6) is 0 Å². The highest BCUT2D eigenvalue weighted by molar-refractivity contribution is 9.10. The Kier molecular flexibility index (Phi) is 4.01. The Bertz CT molecular complexity index is 649. The largest absolute Gasteiger partial charge is 0.333 e. The summed E-state index contributed by atoms with van der Waals surface area (Å²) in [5.41, 5.74) is 1.46. The number of nitrogens with zero attached hydrogens (tertiary/aromatic N) is 2. The molecule has 0 bridgehead atoms. The molecule has 0 aliphatic carbocycles. The van der Waals surface area contributed by atoms with Crippen molar-refractivity contribution in [3.8, 4) is 0 Å². The van der Waals surface area contributed by atoms with Crippen molar-refractivity contribution < 1.29 is 4.92 Å². The molecule has 1 aromatic carbocycles. The molecule has 5 nitrogen and oxygen atoms in total. The number of pyridine rings is 1. The lowest BCUT2D eigenvalue weighted by molar-refractivity contribution is -0.384. The molecule has 1 aromatic heterocycles. The molecule has 0 aliphatic heterocycles. The van der Waals surface area contributed by atoms with Crippen molar-refractivity contribution in [3.05, 3.63) is 55.6 Å². The summed E-state index contributed by atoms with van der Waals surface area (Å²) in [5.74, 6) is 0.152. The maximum absolute atomic E-state index is 11.0. The number of aryl methyl sites for hydroxylation is 1. The first-order chi connectivity index (χ1) is 8.97. The third-order valence-corrected chi connectivity index (χ3v) is 3.15. The maximum atomic E-state index is 11.0. The van der Waals surface area contributed by atoms with E-state index < -0.39 is 4.92 Å². The standard InChI is InChI=1S/C12H9BrClN3O2/c1-7-2-3-10(9(14)4-7)16-12-11(17(18)19)5-8(13)6-15-12/h2-6H,1H3,(H,15,16). The molecule has 0 fully saturated rings. The summed E-state index contributed by atoms with van der Waals surface area (Å²) in [6.07, 6.45) is 1.48. The smallest absolute Gasteiger partial charge is 0.312 e. The minimum atomic E-state index is -0.498. The Balaban J connectivity index is 2.40. The fraction of sp³-hybridized carbons (Fsp3) is 0.0833. The third kappa shape index (κ3) is 3.21. The lowest BCUT2D eigenvalue weighted by Crippen LogP contribution is -2.00. The van der Waals surface area contributed by atoms with Crippen molar-refractivity contribution in [3.63, 3.8) is 0 Å². The summed E-state index contributed by atoms with van der Waals surface area (Å²) in [7, 11) is 0. The lowest BCUT2D eigenvalue weighted by atomic mass is 10.2. The Labute approximate surface area is 122 Å². The van der Waals surface area contributed by atoms with Gasteiger partial charge in [0.05, 0.1) is 15.6 Å². The highest BCUT2D eigenvalue weighted by Gasteiger charge is 2.16. The van der Waals surface area contributed by atoms with Crippen LogP contribution in [0.15, 0.2) is 34.9 Å². The topological polar surface area (TPSA) is 68.1 Å². The van der Waals surface area contributed by atoms with Gasteiger partial charge in [0.15, 0.2) is 0 Å².